The van der Waals surface area contributed by atoms with Crippen LogP contribution in [0.3, 0.4) is 0 Å². The first kappa shape index (κ1) is 14.9. The van der Waals surface area contributed by atoms with Crippen LogP contribution in [0.15, 0.2) is 41.6 Å². The third-order valence-electron chi connectivity index (χ3n) is 2.80. The third kappa shape index (κ3) is 3.14. The minimum atomic E-state index is -3.93. The van der Waals surface area contributed by atoms with Crippen LogP contribution in [-0.4, -0.2) is 36.2 Å². The van der Waals surface area contributed by atoms with Gasteiger partial charge >= 0.3 is 5.97 Å². The number of nitrogens with two attached hydrogens (primary N) is 1. The first-order valence-electron chi connectivity index (χ1n) is 6.01. The van der Waals surface area contributed by atoms with E-state index in [2.05, 4.69) is 10.2 Å². The molecule has 0 fully saturated rings. The summed E-state index contributed by atoms with van der Waals surface area (Å²) in [7, 11) is -3.93. The molecule has 0 atom stereocenters. The highest BCUT2D eigenvalue weighted by Crippen LogP contribution is 2.28. The SMILES string of the molecule is Nc1ccccc1N(CCC(=O)O)S(=O)(=O)c1cn[nH]c1. The molecule has 0 unspecified atom stereocenters. The molecule has 0 amide bonds. The van der Waals surface area contributed by atoms with Gasteiger partial charge in [0.15, 0.2) is 0 Å². The number of hydrogen-bond acceptors (Lipinski definition) is 5. The lowest BCUT2D eigenvalue weighted by molar-refractivity contribution is -0.136. The van der Waals surface area contributed by atoms with Gasteiger partial charge in [0.25, 0.3) is 10.0 Å². The Hall–Kier alpha value is -2.55. The Labute approximate surface area is 121 Å². The number of aromatic amines is 1. The minimum absolute atomic E-state index is 0.0591. The molecular formula is C12H14N4O4S. The number of carbonyl (C=O) groups is 1. The Bertz CT molecular complexity index is 727. The average Bonchev–Trinajstić information content (AvgIpc) is 2.95. The molecule has 0 bridgehead atoms. The smallest absolute Gasteiger partial charge is 0.305 e. The number of anilines is 2. The first-order valence-corrected chi connectivity index (χ1v) is 7.45. The van der Waals surface area contributed by atoms with Crippen LogP contribution < -0.4 is 10.0 Å². The molecule has 1 aromatic heterocycles. The summed E-state index contributed by atoms with van der Waals surface area (Å²) in [6.07, 6.45) is 2.04. The lowest BCUT2D eigenvalue weighted by Crippen LogP contribution is -2.33. The predicted octanol–water partition coefficient (Wildman–Crippen LogP) is 0.662. The Morgan fingerprint density at radius 2 is 2.10 bits per heavy atom. The number of benzene rings is 1. The van der Waals surface area contributed by atoms with Gasteiger partial charge in [0.05, 0.1) is 24.0 Å². The molecule has 0 aliphatic heterocycles. The van der Waals surface area contributed by atoms with Crippen LogP contribution in [0.1, 0.15) is 6.42 Å². The fraction of sp³-hybridized carbons (Fsp3) is 0.167. The molecule has 2 rings (SSSR count). The van der Waals surface area contributed by atoms with Gasteiger partial charge in [-0.3, -0.25) is 14.2 Å². The summed E-state index contributed by atoms with van der Waals surface area (Å²) in [5.41, 5.74) is 6.28. The summed E-state index contributed by atoms with van der Waals surface area (Å²) in [5.74, 6) is -1.10. The van der Waals surface area contributed by atoms with Gasteiger partial charge in [0.2, 0.25) is 0 Å². The molecule has 0 aliphatic rings. The second-order valence-corrected chi connectivity index (χ2v) is 6.08. The summed E-state index contributed by atoms with van der Waals surface area (Å²) < 4.78 is 26.1. The number of hydrogen-bond donors (Lipinski definition) is 3. The number of carboxylic acids is 1. The van der Waals surface area contributed by atoms with Crippen molar-refractivity contribution in [3.63, 3.8) is 0 Å². The zero-order valence-electron chi connectivity index (χ0n) is 10.9. The number of rotatable bonds is 6. The van der Waals surface area contributed by atoms with E-state index in [0.717, 1.165) is 10.5 Å². The monoisotopic (exact) mass is 310 g/mol. The van der Waals surface area contributed by atoms with Crippen molar-refractivity contribution in [1.82, 2.24) is 10.2 Å². The van der Waals surface area contributed by atoms with Gasteiger partial charge in [-0.25, -0.2) is 8.42 Å². The number of nitrogen functional groups attached to an aromatic ring is 1. The van der Waals surface area contributed by atoms with Crippen LogP contribution in [0, 0.1) is 0 Å². The van der Waals surface area contributed by atoms with E-state index in [1.54, 1.807) is 18.2 Å². The van der Waals surface area contributed by atoms with E-state index in [1.807, 2.05) is 0 Å². The Kier molecular flexibility index (Phi) is 4.13. The van der Waals surface area contributed by atoms with Crippen molar-refractivity contribution in [3.8, 4) is 0 Å². The lowest BCUT2D eigenvalue weighted by Gasteiger charge is -2.24. The number of nitrogens with one attached hydrogen (secondary N) is 1. The summed E-state index contributed by atoms with van der Waals surface area (Å²) >= 11 is 0. The lowest BCUT2D eigenvalue weighted by atomic mass is 10.2. The second-order valence-electron chi connectivity index (χ2n) is 4.21. The predicted molar refractivity (Wildman–Crippen MR) is 76.2 cm³/mol. The largest absolute Gasteiger partial charge is 0.481 e. The Morgan fingerprint density at radius 1 is 1.38 bits per heavy atom. The van der Waals surface area contributed by atoms with Crippen LogP contribution in [0.4, 0.5) is 11.4 Å². The Balaban J connectivity index is 2.47. The van der Waals surface area contributed by atoms with Gasteiger partial charge < -0.3 is 10.8 Å². The normalized spacial score (nSPS) is 11.2. The highest BCUT2D eigenvalue weighted by atomic mass is 32.2. The molecule has 0 saturated heterocycles. The summed E-state index contributed by atoms with van der Waals surface area (Å²) in [6.45, 7) is -0.225. The fourth-order valence-electron chi connectivity index (χ4n) is 1.79. The maximum absolute atomic E-state index is 12.6. The number of aliphatic carboxylic acids is 1. The summed E-state index contributed by atoms with van der Waals surface area (Å²) in [5, 5.41) is 14.8. The van der Waals surface area contributed by atoms with Gasteiger partial charge in [-0.05, 0) is 12.1 Å². The standard InChI is InChI=1S/C12H14N4O4S/c13-10-3-1-2-4-11(10)16(6-5-12(17)18)21(19,20)9-7-14-15-8-9/h1-4,7-8H,5-6,13H2,(H,14,15)(H,17,18). The summed E-state index contributed by atoms with van der Waals surface area (Å²) in [6, 6.07) is 6.37. The van der Waals surface area contributed by atoms with E-state index in [-0.39, 0.29) is 29.2 Å². The molecule has 0 radical (unpaired) electrons. The molecule has 4 N–H and O–H groups in total. The molecule has 0 saturated carbocycles. The molecule has 9 heteroatoms. The molecule has 21 heavy (non-hydrogen) atoms. The van der Waals surface area contributed by atoms with Crippen molar-refractivity contribution in [2.45, 2.75) is 11.3 Å². The van der Waals surface area contributed by atoms with Crippen LogP contribution in [0.2, 0.25) is 0 Å². The van der Waals surface area contributed by atoms with Crippen LogP contribution in [-0.2, 0) is 14.8 Å². The van der Waals surface area contributed by atoms with Crippen LogP contribution in [0.5, 0.6) is 0 Å². The van der Waals surface area contributed by atoms with Crippen molar-refractivity contribution < 1.29 is 18.3 Å². The molecule has 1 heterocycles. The van der Waals surface area contributed by atoms with Gasteiger partial charge in [0.1, 0.15) is 4.90 Å². The highest BCUT2D eigenvalue weighted by Gasteiger charge is 2.27. The van der Waals surface area contributed by atoms with E-state index in [1.165, 1.54) is 12.3 Å². The molecule has 0 aliphatic carbocycles. The van der Waals surface area contributed by atoms with Crippen molar-refractivity contribution in [1.29, 1.82) is 0 Å². The fourth-order valence-corrected chi connectivity index (χ4v) is 3.19. The van der Waals surface area contributed by atoms with Crippen molar-refractivity contribution >= 4 is 27.4 Å². The van der Waals surface area contributed by atoms with Crippen molar-refractivity contribution in [3.05, 3.63) is 36.7 Å². The first-order chi connectivity index (χ1) is 9.93. The van der Waals surface area contributed by atoms with E-state index >= 15 is 0 Å². The maximum Gasteiger partial charge on any atom is 0.305 e. The summed E-state index contributed by atoms with van der Waals surface area (Å²) in [4.78, 5) is 10.7. The molecule has 2 aromatic rings. The highest BCUT2D eigenvalue weighted by molar-refractivity contribution is 7.92. The average molecular weight is 310 g/mol. The van der Waals surface area contributed by atoms with E-state index in [9.17, 15) is 13.2 Å². The zero-order chi connectivity index (χ0) is 15.5. The minimum Gasteiger partial charge on any atom is -0.481 e. The van der Waals surface area contributed by atoms with E-state index in [0.29, 0.717) is 0 Å². The zero-order valence-corrected chi connectivity index (χ0v) is 11.7. The number of nitrogens with zero attached hydrogens (tertiary/aromatic N) is 2. The van der Waals surface area contributed by atoms with Gasteiger partial charge in [-0.2, -0.15) is 5.10 Å². The van der Waals surface area contributed by atoms with Crippen LogP contribution in [0.25, 0.3) is 0 Å². The van der Waals surface area contributed by atoms with Gasteiger partial charge in [-0.15, -0.1) is 0 Å². The van der Waals surface area contributed by atoms with Gasteiger partial charge in [-0.1, -0.05) is 12.1 Å². The topological polar surface area (TPSA) is 129 Å². The number of sulfonamides is 1. The number of para-hydroxylation sites is 2. The van der Waals surface area contributed by atoms with Crippen molar-refractivity contribution in [2.75, 3.05) is 16.6 Å². The van der Waals surface area contributed by atoms with E-state index in [4.69, 9.17) is 10.8 Å². The quantitative estimate of drug-likeness (QED) is 0.672. The number of H-pyrrole nitrogens is 1. The number of aromatic nitrogens is 2. The molecule has 1 aromatic carbocycles. The molecular weight excluding hydrogens is 296 g/mol. The second kappa shape index (κ2) is 5.83. The molecule has 0 spiro atoms. The molecule has 112 valence electrons. The maximum atomic E-state index is 12.6. The van der Waals surface area contributed by atoms with Crippen molar-refractivity contribution in [2.24, 2.45) is 0 Å². The third-order valence-corrected chi connectivity index (χ3v) is 4.57. The number of carboxylic acid groups (broad SMARTS) is 1. The Morgan fingerprint density at radius 3 is 2.67 bits per heavy atom. The molecule has 8 nitrogen and oxygen atoms in total. The van der Waals surface area contributed by atoms with Gasteiger partial charge in [0, 0.05) is 12.7 Å². The van der Waals surface area contributed by atoms with Crippen LogP contribution >= 0.6 is 0 Å². The van der Waals surface area contributed by atoms with E-state index < -0.39 is 16.0 Å².